The Labute approximate surface area is 174 Å². The van der Waals surface area contributed by atoms with Crippen molar-refractivity contribution in [2.45, 2.75) is 35.2 Å². The second-order valence-electron chi connectivity index (χ2n) is 6.09. The molecular formula is C16H13N2NaO6S. The first-order valence-electron chi connectivity index (χ1n) is 7.68. The average molecular weight is 384 g/mol. The first-order valence-corrected chi connectivity index (χ1v) is 8.63. The predicted molar refractivity (Wildman–Crippen MR) is 82.5 cm³/mol. The van der Waals surface area contributed by atoms with Crippen LogP contribution in [0.25, 0.3) is 0 Å². The van der Waals surface area contributed by atoms with Gasteiger partial charge in [-0.3, -0.25) is 19.3 Å². The summed E-state index contributed by atoms with van der Waals surface area (Å²) in [5.74, 6) is -3.20. The van der Waals surface area contributed by atoms with Crippen LogP contribution in [-0.2, 0) is 30.3 Å². The van der Waals surface area contributed by atoms with Crippen molar-refractivity contribution >= 4 is 35.5 Å². The summed E-state index contributed by atoms with van der Waals surface area (Å²) >= 11 is 1.15. The van der Waals surface area contributed by atoms with Gasteiger partial charge in [0.05, 0.1) is 18.1 Å². The van der Waals surface area contributed by atoms with Crippen molar-refractivity contribution in [3.63, 3.8) is 0 Å². The number of β-lactam (4-membered cyclic amide) rings is 1. The maximum Gasteiger partial charge on any atom is 1.00 e. The molecule has 0 radical (unpaired) electrons. The topological polar surface area (TPSA) is 116 Å². The van der Waals surface area contributed by atoms with Gasteiger partial charge in [0.1, 0.15) is 17.4 Å². The Morgan fingerprint density at radius 1 is 1.31 bits per heavy atom. The zero-order chi connectivity index (χ0) is 17.8. The normalized spacial score (nSPS) is 31.2. The molecule has 0 bridgehead atoms. The number of ether oxygens (including phenoxy) is 1. The van der Waals surface area contributed by atoms with Gasteiger partial charge in [-0.2, -0.15) is 0 Å². The number of nitrogens with zero attached hydrogens (tertiary/aromatic N) is 1. The third-order valence-corrected chi connectivity index (χ3v) is 6.16. The molecule has 3 fully saturated rings. The maximum atomic E-state index is 12.4. The number of rotatable bonds is 4. The fourth-order valence-electron chi connectivity index (χ4n) is 3.45. The van der Waals surface area contributed by atoms with Crippen LogP contribution in [0.4, 0.5) is 0 Å². The van der Waals surface area contributed by atoms with Crippen LogP contribution < -0.4 is 40.0 Å². The van der Waals surface area contributed by atoms with Crippen molar-refractivity contribution in [3.8, 4) is 0 Å². The van der Waals surface area contributed by atoms with Gasteiger partial charge in [-0.1, -0.05) is 30.3 Å². The number of nitrogens with one attached hydrogen (secondary N) is 1. The van der Waals surface area contributed by atoms with Crippen molar-refractivity contribution in [2.75, 3.05) is 0 Å². The van der Waals surface area contributed by atoms with E-state index < -0.39 is 40.2 Å². The molecular weight excluding hydrogens is 371 g/mol. The molecule has 4 atom stereocenters. The molecule has 10 heteroatoms. The van der Waals surface area contributed by atoms with Crippen molar-refractivity contribution < 1.29 is 58.6 Å². The van der Waals surface area contributed by atoms with E-state index in [1.807, 2.05) is 18.2 Å². The molecule has 1 aromatic rings. The largest absolute Gasteiger partial charge is 1.00 e. The van der Waals surface area contributed by atoms with Gasteiger partial charge in [-0.05, 0) is 5.56 Å². The zero-order valence-electron chi connectivity index (χ0n) is 13.8. The SMILES string of the molecule is O=C(Cc1ccccc1)N[C@@H]1C(=O)N2[C@@H]1S[C@@H]1CC(=O)O[C@@]12C(=O)[O-].[Na+]. The smallest absolute Gasteiger partial charge is 0.544 e. The van der Waals surface area contributed by atoms with Gasteiger partial charge in [-0.25, -0.2) is 0 Å². The van der Waals surface area contributed by atoms with Crippen LogP contribution in [0, 0.1) is 0 Å². The van der Waals surface area contributed by atoms with E-state index >= 15 is 0 Å². The second kappa shape index (κ2) is 6.88. The van der Waals surface area contributed by atoms with E-state index in [0.717, 1.165) is 22.2 Å². The van der Waals surface area contributed by atoms with Gasteiger partial charge in [0.15, 0.2) is 0 Å². The number of carbonyl (C=O) groups is 4. The Hall–Kier alpha value is -1.55. The number of carbonyl (C=O) groups excluding carboxylic acids is 4. The molecule has 0 spiro atoms. The molecule has 3 aliphatic rings. The predicted octanol–water partition coefficient (Wildman–Crippen LogP) is -4.61. The Bertz CT molecular complexity index is 790. The summed E-state index contributed by atoms with van der Waals surface area (Å²) in [6.45, 7) is 0. The van der Waals surface area contributed by atoms with Gasteiger partial charge in [-0.15, -0.1) is 11.8 Å². The zero-order valence-corrected chi connectivity index (χ0v) is 16.7. The van der Waals surface area contributed by atoms with Crippen LogP contribution in [0.2, 0.25) is 0 Å². The van der Waals surface area contributed by atoms with E-state index in [-0.39, 0.29) is 48.3 Å². The first kappa shape index (κ1) is 19.2. The van der Waals surface area contributed by atoms with Gasteiger partial charge < -0.3 is 20.0 Å². The molecule has 0 saturated carbocycles. The number of carboxylic acids is 1. The van der Waals surface area contributed by atoms with Gasteiger partial charge in [0, 0.05) is 0 Å². The monoisotopic (exact) mass is 384 g/mol. The average Bonchev–Trinajstić information content (AvgIpc) is 3.03. The summed E-state index contributed by atoms with van der Waals surface area (Å²) < 4.78 is 4.96. The quantitative estimate of drug-likeness (QED) is 0.315. The van der Waals surface area contributed by atoms with Crippen LogP contribution in [0.5, 0.6) is 0 Å². The minimum Gasteiger partial charge on any atom is -0.544 e. The standard InChI is InChI=1S/C16H14N2O6S.Na/c19-10(6-8-4-2-1-3-5-8)17-12-13(21)18-14(12)25-9-7-11(20)24-16(9,18)15(22)23;/h1-5,9,12,14H,6-7H2,(H,17,19)(H,22,23);/q;+1/p-1/t9-,12-,14-,16-;/m1./s1. The summed E-state index contributed by atoms with van der Waals surface area (Å²) in [5.41, 5.74) is -1.25. The summed E-state index contributed by atoms with van der Waals surface area (Å²) in [4.78, 5) is 48.6. The van der Waals surface area contributed by atoms with E-state index in [9.17, 15) is 24.3 Å². The molecule has 8 nitrogen and oxygen atoms in total. The number of benzene rings is 1. The van der Waals surface area contributed by atoms with E-state index in [0.29, 0.717) is 0 Å². The molecule has 1 N–H and O–H groups in total. The number of carboxylic acid groups (broad SMARTS) is 1. The van der Waals surface area contributed by atoms with Crippen molar-refractivity contribution in [1.29, 1.82) is 0 Å². The summed E-state index contributed by atoms with van der Waals surface area (Å²) in [6.07, 6.45) is 0.00958. The van der Waals surface area contributed by atoms with Crippen LogP contribution in [0.1, 0.15) is 12.0 Å². The number of thioether (sulfide) groups is 1. The van der Waals surface area contributed by atoms with E-state index in [1.165, 1.54) is 0 Å². The van der Waals surface area contributed by atoms with Crippen LogP contribution in [0.15, 0.2) is 30.3 Å². The number of amides is 2. The summed E-state index contributed by atoms with van der Waals surface area (Å²) in [7, 11) is 0. The molecule has 0 aliphatic carbocycles. The second-order valence-corrected chi connectivity index (χ2v) is 7.42. The molecule has 0 aromatic heterocycles. The van der Waals surface area contributed by atoms with Gasteiger partial charge in [0.2, 0.25) is 11.6 Å². The molecule has 130 valence electrons. The van der Waals surface area contributed by atoms with Crippen molar-refractivity contribution in [1.82, 2.24) is 10.2 Å². The number of hydrogen-bond donors (Lipinski definition) is 1. The number of fused-ring (bicyclic) bond motifs is 3. The van der Waals surface area contributed by atoms with Crippen molar-refractivity contribution in [2.24, 2.45) is 0 Å². The molecule has 4 rings (SSSR count). The first-order chi connectivity index (χ1) is 11.9. The van der Waals surface area contributed by atoms with Crippen LogP contribution in [-0.4, -0.2) is 51.0 Å². The minimum absolute atomic E-state index is 0. The third kappa shape index (κ3) is 2.74. The Kier molecular flexibility index (Phi) is 5.08. The molecule has 3 saturated heterocycles. The molecule has 1 aromatic carbocycles. The van der Waals surface area contributed by atoms with E-state index in [1.54, 1.807) is 12.1 Å². The Morgan fingerprint density at radius 2 is 2.00 bits per heavy atom. The molecule has 3 heterocycles. The van der Waals surface area contributed by atoms with Crippen molar-refractivity contribution in [3.05, 3.63) is 35.9 Å². The minimum atomic E-state index is -2.05. The van der Waals surface area contributed by atoms with E-state index in [4.69, 9.17) is 4.74 Å². The molecule has 2 amide bonds. The number of esters is 1. The molecule has 3 aliphatic heterocycles. The van der Waals surface area contributed by atoms with Crippen LogP contribution in [0.3, 0.4) is 0 Å². The third-order valence-electron chi connectivity index (χ3n) is 4.58. The fourth-order valence-corrected chi connectivity index (χ4v) is 5.19. The summed E-state index contributed by atoms with van der Waals surface area (Å²) in [5, 5.41) is 12.9. The van der Waals surface area contributed by atoms with Gasteiger partial charge in [0.25, 0.3) is 5.91 Å². The number of hydrogen-bond acceptors (Lipinski definition) is 7. The number of aliphatic carboxylic acids is 1. The molecule has 26 heavy (non-hydrogen) atoms. The Balaban J connectivity index is 0.00000196. The van der Waals surface area contributed by atoms with Crippen LogP contribution >= 0.6 is 11.8 Å². The van der Waals surface area contributed by atoms with Gasteiger partial charge >= 0.3 is 35.5 Å². The molecule has 0 unspecified atom stereocenters. The summed E-state index contributed by atoms with van der Waals surface area (Å²) in [6, 6.07) is 8.22. The maximum absolute atomic E-state index is 12.4. The fraction of sp³-hybridized carbons (Fsp3) is 0.375. The van der Waals surface area contributed by atoms with E-state index in [2.05, 4.69) is 5.32 Å². The Morgan fingerprint density at radius 3 is 2.65 bits per heavy atom.